The highest BCUT2D eigenvalue weighted by Gasteiger charge is 2.06. The zero-order chi connectivity index (χ0) is 10.8. The molecule has 0 amide bonds. The van der Waals surface area contributed by atoms with Crippen LogP contribution < -0.4 is 10.2 Å². The van der Waals surface area contributed by atoms with E-state index in [2.05, 4.69) is 0 Å². The topological polar surface area (TPSA) is 56.5 Å². The summed E-state index contributed by atoms with van der Waals surface area (Å²) in [6, 6.07) is 4.87. The molecule has 4 heteroatoms. The van der Waals surface area contributed by atoms with Crippen molar-refractivity contribution in [2.75, 3.05) is 7.11 Å². The number of carbonyl (C=O) groups excluding carboxylic acids is 1. The first-order valence-electron chi connectivity index (χ1n) is 4.31. The van der Waals surface area contributed by atoms with Gasteiger partial charge in [0.2, 0.25) is 5.43 Å². The van der Waals surface area contributed by atoms with Crippen LogP contribution in [0.4, 0.5) is 0 Å². The Bertz CT molecular complexity index is 568. The standard InChI is InChI=1S/C11H8O4/c1-14-8-2-3-10-9(4-8)11(13)7(5-12)6-15-10/h2-6H,1H3. The van der Waals surface area contributed by atoms with Gasteiger partial charge in [0.05, 0.1) is 18.1 Å². The van der Waals surface area contributed by atoms with Gasteiger partial charge in [-0.2, -0.15) is 0 Å². The maximum Gasteiger partial charge on any atom is 0.203 e. The van der Waals surface area contributed by atoms with E-state index >= 15 is 0 Å². The molecule has 0 aliphatic carbocycles. The van der Waals surface area contributed by atoms with Crippen LogP contribution in [0, 0.1) is 0 Å². The van der Waals surface area contributed by atoms with Crippen LogP contribution in [-0.4, -0.2) is 13.4 Å². The second-order valence-electron chi connectivity index (χ2n) is 3.00. The molecule has 0 fully saturated rings. The molecule has 0 saturated carbocycles. The average molecular weight is 204 g/mol. The highest BCUT2D eigenvalue weighted by atomic mass is 16.5. The molecule has 0 aliphatic rings. The Kier molecular flexibility index (Phi) is 2.25. The summed E-state index contributed by atoms with van der Waals surface area (Å²) < 4.78 is 10.1. The zero-order valence-electron chi connectivity index (χ0n) is 8.02. The van der Waals surface area contributed by atoms with Gasteiger partial charge in [-0.15, -0.1) is 0 Å². The van der Waals surface area contributed by atoms with Crippen LogP contribution in [0.25, 0.3) is 11.0 Å². The minimum Gasteiger partial charge on any atom is -0.497 e. The lowest BCUT2D eigenvalue weighted by Crippen LogP contribution is -2.07. The largest absolute Gasteiger partial charge is 0.497 e. The monoisotopic (exact) mass is 204 g/mol. The van der Waals surface area contributed by atoms with E-state index in [0.717, 1.165) is 6.26 Å². The fraction of sp³-hybridized carbons (Fsp3) is 0.0909. The Balaban J connectivity index is 2.83. The molecule has 1 heterocycles. The van der Waals surface area contributed by atoms with E-state index in [1.807, 2.05) is 0 Å². The average Bonchev–Trinajstić information content (AvgIpc) is 2.29. The SMILES string of the molecule is COc1ccc2occ(C=O)c(=O)c2c1. The number of ether oxygens (including phenoxy) is 1. The number of fused-ring (bicyclic) bond motifs is 1. The molecule has 4 nitrogen and oxygen atoms in total. The van der Waals surface area contributed by atoms with E-state index in [0.29, 0.717) is 23.0 Å². The van der Waals surface area contributed by atoms with E-state index < -0.39 is 0 Å². The molecule has 2 aromatic rings. The molecular formula is C11H8O4. The van der Waals surface area contributed by atoms with Crippen molar-refractivity contribution in [2.24, 2.45) is 0 Å². The first-order valence-corrected chi connectivity index (χ1v) is 4.31. The third-order valence-electron chi connectivity index (χ3n) is 2.13. The van der Waals surface area contributed by atoms with Crippen molar-refractivity contribution in [3.05, 3.63) is 40.2 Å². The maximum atomic E-state index is 11.7. The second-order valence-corrected chi connectivity index (χ2v) is 3.00. The number of carbonyl (C=O) groups is 1. The molecule has 0 saturated heterocycles. The van der Waals surface area contributed by atoms with E-state index in [1.165, 1.54) is 7.11 Å². The predicted molar refractivity (Wildman–Crippen MR) is 54.4 cm³/mol. The van der Waals surface area contributed by atoms with Gasteiger partial charge in [0.15, 0.2) is 6.29 Å². The van der Waals surface area contributed by atoms with E-state index in [1.54, 1.807) is 18.2 Å². The van der Waals surface area contributed by atoms with Gasteiger partial charge in [-0.3, -0.25) is 9.59 Å². The quantitative estimate of drug-likeness (QED) is 0.697. The number of aldehydes is 1. The number of rotatable bonds is 2. The Morgan fingerprint density at radius 3 is 2.87 bits per heavy atom. The van der Waals surface area contributed by atoms with Crippen LogP contribution in [0.2, 0.25) is 0 Å². The Morgan fingerprint density at radius 1 is 1.40 bits per heavy atom. The van der Waals surface area contributed by atoms with Crippen molar-refractivity contribution in [3.8, 4) is 5.75 Å². The van der Waals surface area contributed by atoms with Crippen molar-refractivity contribution in [1.29, 1.82) is 0 Å². The maximum absolute atomic E-state index is 11.7. The van der Waals surface area contributed by atoms with Gasteiger partial charge in [-0.25, -0.2) is 0 Å². The molecule has 0 N–H and O–H groups in total. The summed E-state index contributed by atoms with van der Waals surface area (Å²) in [4.78, 5) is 22.2. The Morgan fingerprint density at radius 2 is 2.20 bits per heavy atom. The fourth-order valence-corrected chi connectivity index (χ4v) is 1.33. The van der Waals surface area contributed by atoms with Crippen molar-refractivity contribution < 1.29 is 13.9 Å². The van der Waals surface area contributed by atoms with Crippen LogP contribution in [0.1, 0.15) is 10.4 Å². The lowest BCUT2D eigenvalue weighted by atomic mass is 10.2. The molecule has 0 aliphatic heterocycles. The molecule has 0 unspecified atom stereocenters. The summed E-state index contributed by atoms with van der Waals surface area (Å²) in [6.07, 6.45) is 1.63. The van der Waals surface area contributed by atoms with Crippen LogP contribution >= 0.6 is 0 Å². The lowest BCUT2D eigenvalue weighted by Gasteiger charge is -2.01. The van der Waals surface area contributed by atoms with Gasteiger partial charge >= 0.3 is 0 Å². The second kappa shape index (κ2) is 3.57. The minimum atomic E-state index is -0.342. The number of hydrogen-bond acceptors (Lipinski definition) is 4. The van der Waals surface area contributed by atoms with E-state index in [4.69, 9.17) is 9.15 Å². The molecule has 76 valence electrons. The van der Waals surface area contributed by atoms with Crippen LogP contribution in [0.5, 0.6) is 5.75 Å². The van der Waals surface area contributed by atoms with E-state index in [-0.39, 0.29) is 11.0 Å². The van der Waals surface area contributed by atoms with Gasteiger partial charge in [0, 0.05) is 0 Å². The Labute approximate surface area is 85.1 Å². The lowest BCUT2D eigenvalue weighted by molar-refractivity contribution is 0.112. The smallest absolute Gasteiger partial charge is 0.203 e. The van der Waals surface area contributed by atoms with Crippen molar-refractivity contribution in [3.63, 3.8) is 0 Å². The highest BCUT2D eigenvalue weighted by Crippen LogP contribution is 2.17. The third kappa shape index (κ3) is 1.50. The summed E-state index contributed by atoms with van der Waals surface area (Å²) in [6.45, 7) is 0. The first kappa shape index (κ1) is 9.45. The molecule has 15 heavy (non-hydrogen) atoms. The van der Waals surface area contributed by atoms with Crippen molar-refractivity contribution in [1.82, 2.24) is 0 Å². The number of benzene rings is 1. The van der Waals surface area contributed by atoms with Gasteiger partial charge in [-0.05, 0) is 18.2 Å². The van der Waals surface area contributed by atoms with Crippen LogP contribution in [0.15, 0.2) is 33.7 Å². The highest BCUT2D eigenvalue weighted by molar-refractivity contribution is 5.84. The van der Waals surface area contributed by atoms with E-state index in [9.17, 15) is 9.59 Å². The zero-order valence-corrected chi connectivity index (χ0v) is 8.02. The van der Waals surface area contributed by atoms with Crippen molar-refractivity contribution in [2.45, 2.75) is 0 Å². The van der Waals surface area contributed by atoms with Gasteiger partial charge in [0.25, 0.3) is 0 Å². The number of methoxy groups -OCH3 is 1. The summed E-state index contributed by atoms with van der Waals surface area (Å²) >= 11 is 0. The predicted octanol–water partition coefficient (Wildman–Crippen LogP) is 1.61. The summed E-state index contributed by atoms with van der Waals surface area (Å²) in [5.41, 5.74) is 0.104. The van der Waals surface area contributed by atoms with Crippen LogP contribution in [0.3, 0.4) is 0 Å². The first-order chi connectivity index (χ1) is 7.26. The molecular weight excluding hydrogens is 196 g/mol. The molecule has 0 spiro atoms. The molecule has 1 aromatic heterocycles. The molecule has 0 atom stereocenters. The van der Waals surface area contributed by atoms with Crippen LogP contribution in [-0.2, 0) is 0 Å². The van der Waals surface area contributed by atoms with Crippen molar-refractivity contribution >= 4 is 17.3 Å². The van der Waals surface area contributed by atoms with Gasteiger partial charge < -0.3 is 9.15 Å². The molecule has 0 bridgehead atoms. The molecule has 2 rings (SSSR count). The molecule has 1 aromatic carbocycles. The van der Waals surface area contributed by atoms with Gasteiger partial charge in [0.1, 0.15) is 17.6 Å². The minimum absolute atomic E-state index is 0.00996. The molecule has 0 radical (unpaired) electrons. The third-order valence-corrected chi connectivity index (χ3v) is 2.13. The summed E-state index contributed by atoms with van der Waals surface area (Å²) in [5.74, 6) is 0.554. The number of hydrogen-bond donors (Lipinski definition) is 0. The fourth-order valence-electron chi connectivity index (χ4n) is 1.33. The summed E-state index contributed by atoms with van der Waals surface area (Å²) in [5, 5.41) is 0.346. The normalized spacial score (nSPS) is 10.2. The Hall–Kier alpha value is -2.10. The van der Waals surface area contributed by atoms with Gasteiger partial charge in [-0.1, -0.05) is 0 Å². The summed E-state index contributed by atoms with van der Waals surface area (Å²) in [7, 11) is 1.51.